The topological polar surface area (TPSA) is 21.3 Å². The molecular weight excluding hydrogens is 808 g/mol. The SMILES string of the molecule is CC(C)(C)c1ccc(N2c3cc4c(cc3B3c5c2cc2c(oc6ccccc62)c5-c2cccc5c6sc7ccccc7c6n3c25)C(C)(C)c2ccccc2C4(C)C)c(-c2ccccc2)c1. The molecule has 0 spiro atoms. The molecule has 0 saturated heterocycles. The van der Waals surface area contributed by atoms with E-state index in [0.717, 1.165) is 21.9 Å². The van der Waals surface area contributed by atoms with Gasteiger partial charge < -0.3 is 13.8 Å². The van der Waals surface area contributed by atoms with Crippen LogP contribution in [0.1, 0.15) is 76.3 Å². The molecule has 0 fully saturated rings. The minimum Gasteiger partial charge on any atom is -0.455 e. The zero-order valence-electron chi connectivity index (χ0n) is 37.8. The van der Waals surface area contributed by atoms with Crippen molar-refractivity contribution in [3.8, 4) is 22.3 Å². The Labute approximate surface area is 383 Å². The Morgan fingerprint density at radius 2 is 1.22 bits per heavy atom. The van der Waals surface area contributed by atoms with Crippen molar-refractivity contribution in [1.29, 1.82) is 0 Å². The third-order valence-corrected chi connectivity index (χ3v) is 16.8. The van der Waals surface area contributed by atoms with Gasteiger partial charge in [0, 0.05) is 70.7 Å². The maximum absolute atomic E-state index is 7.13. The summed E-state index contributed by atoms with van der Waals surface area (Å²) in [5.74, 6) is 0. The van der Waals surface area contributed by atoms with E-state index in [-0.39, 0.29) is 23.1 Å². The van der Waals surface area contributed by atoms with E-state index in [9.17, 15) is 0 Å². The van der Waals surface area contributed by atoms with Crippen molar-refractivity contribution < 1.29 is 4.42 Å². The Balaban J connectivity index is 1.21. The third kappa shape index (κ3) is 4.76. The molecule has 8 aromatic carbocycles. The maximum Gasteiger partial charge on any atom is 0.333 e. The van der Waals surface area contributed by atoms with Gasteiger partial charge in [-0.3, -0.25) is 0 Å². The Hall–Kier alpha value is -6.82. The smallest absolute Gasteiger partial charge is 0.333 e. The number of anilines is 3. The van der Waals surface area contributed by atoms with Crippen LogP contribution in [0, 0.1) is 0 Å². The fourth-order valence-corrected chi connectivity index (χ4v) is 13.6. The number of hydrogen-bond acceptors (Lipinski definition) is 3. The molecule has 0 amide bonds. The first-order valence-electron chi connectivity index (χ1n) is 23.1. The summed E-state index contributed by atoms with van der Waals surface area (Å²) in [6, 6.07) is 59.8. The fourth-order valence-electron chi connectivity index (χ4n) is 12.4. The van der Waals surface area contributed by atoms with Crippen LogP contribution in [0.4, 0.5) is 17.1 Å². The van der Waals surface area contributed by atoms with Crippen LogP contribution in [0.25, 0.3) is 75.4 Å². The molecule has 0 saturated carbocycles. The van der Waals surface area contributed by atoms with Crippen LogP contribution in [0.3, 0.4) is 0 Å². The summed E-state index contributed by atoms with van der Waals surface area (Å²) in [5, 5.41) is 4.90. The first-order valence-corrected chi connectivity index (χ1v) is 23.9. The molecule has 3 nitrogen and oxygen atoms in total. The predicted molar refractivity (Wildman–Crippen MR) is 277 cm³/mol. The molecule has 0 N–H and O–H groups in total. The van der Waals surface area contributed by atoms with E-state index in [1.165, 1.54) is 109 Å². The Bertz CT molecular complexity index is 3890. The van der Waals surface area contributed by atoms with E-state index in [1.807, 2.05) is 11.3 Å². The zero-order chi connectivity index (χ0) is 43.9. The summed E-state index contributed by atoms with van der Waals surface area (Å²) in [7, 11) is 0. The van der Waals surface area contributed by atoms with Gasteiger partial charge in [0.15, 0.2) is 0 Å². The van der Waals surface area contributed by atoms with E-state index < -0.39 is 0 Å². The molecule has 0 radical (unpaired) electrons. The standard InChI is InChI=1S/C60H47BN2OS/c1-58(2,3)35-28-29-47(40(30-35)34-18-9-8-10-19-34)62-48-33-45-44(59(4,5)42-24-13-14-25-43(42)60(45,6)7)32-46(48)61-53-49(62)31-41-36-20-11-15-26-50(36)64-56(41)52(53)38-22-17-23-39-54(38)63(61)55-37-21-12-16-27-51(37)65-57(39)55/h8-33H,1-7H3. The van der Waals surface area contributed by atoms with E-state index in [2.05, 4.69) is 216 Å². The number of rotatable bonds is 2. The monoisotopic (exact) mass is 854 g/mol. The van der Waals surface area contributed by atoms with Gasteiger partial charge >= 0.3 is 6.85 Å². The molecule has 2 aliphatic heterocycles. The average Bonchev–Trinajstić information content (AvgIpc) is 3.99. The predicted octanol–water partition coefficient (Wildman–Crippen LogP) is 15.3. The summed E-state index contributed by atoms with van der Waals surface area (Å²) < 4.78 is 12.5. The largest absolute Gasteiger partial charge is 0.455 e. The molecule has 14 rings (SSSR count). The van der Waals surface area contributed by atoms with Crippen LogP contribution < -0.4 is 15.8 Å². The van der Waals surface area contributed by atoms with Gasteiger partial charge in [-0.15, -0.1) is 11.3 Å². The normalized spacial score (nSPS) is 15.5. The lowest BCUT2D eigenvalue weighted by atomic mass is 9.44. The van der Waals surface area contributed by atoms with Crippen molar-refractivity contribution >= 4 is 99.3 Å². The van der Waals surface area contributed by atoms with Gasteiger partial charge in [-0.25, -0.2) is 0 Å². The molecule has 1 aliphatic carbocycles. The Morgan fingerprint density at radius 1 is 0.538 bits per heavy atom. The lowest BCUT2D eigenvalue weighted by molar-refractivity contribution is 0.521. The minimum absolute atomic E-state index is 0.0407. The zero-order valence-corrected chi connectivity index (χ0v) is 38.6. The van der Waals surface area contributed by atoms with Gasteiger partial charge in [-0.05, 0) is 86.1 Å². The van der Waals surface area contributed by atoms with Crippen molar-refractivity contribution in [2.24, 2.45) is 0 Å². The highest BCUT2D eigenvalue weighted by molar-refractivity contribution is 7.27. The second kappa shape index (κ2) is 12.5. The molecular formula is C60H47BN2OS. The van der Waals surface area contributed by atoms with Gasteiger partial charge in [0.2, 0.25) is 0 Å². The summed E-state index contributed by atoms with van der Waals surface area (Å²) in [6.07, 6.45) is 0. The van der Waals surface area contributed by atoms with Crippen molar-refractivity contribution in [2.45, 2.75) is 64.7 Å². The summed E-state index contributed by atoms with van der Waals surface area (Å²) in [4.78, 5) is 2.65. The molecule has 312 valence electrons. The van der Waals surface area contributed by atoms with Crippen LogP contribution in [-0.4, -0.2) is 11.3 Å². The van der Waals surface area contributed by atoms with Crippen molar-refractivity contribution in [1.82, 2.24) is 4.48 Å². The molecule has 3 aromatic heterocycles. The van der Waals surface area contributed by atoms with Gasteiger partial charge in [0.05, 0.1) is 15.9 Å². The van der Waals surface area contributed by atoms with E-state index in [4.69, 9.17) is 4.42 Å². The Kier molecular flexibility index (Phi) is 7.22. The molecule has 3 aliphatic rings. The highest BCUT2D eigenvalue weighted by Gasteiger charge is 2.49. The van der Waals surface area contributed by atoms with Crippen LogP contribution in [0.2, 0.25) is 0 Å². The lowest BCUT2D eigenvalue weighted by Gasteiger charge is -2.47. The third-order valence-electron chi connectivity index (χ3n) is 15.6. The van der Waals surface area contributed by atoms with Gasteiger partial charge in [-0.2, -0.15) is 0 Å². The fraction of sp³-hybridized carbons (Fsp3) is 0.167. The number of thiophene rings is 1. The number of fused-ring (bicyclic) bond motifs is 15. The molecule has 11 aromatic rings. The summed E-state index contributed by atoms with van der Waals surface area (Å²) >= 11 is 1.93. The molecule has 0 atom stereocenters. The van der Waals surface area contributed by atoms with Crippen molar-refractivity contribution in [2.75, 3.05) is 4.90 Å². The summed E-state index contributed by atoms with van der Waals surface area (Å²) in [5.41, 5.74) is 22.0. The highest BCUT2D eigenvalue weighted by atomic mass is 32.1. The number of hydrogen-bond donors (Lipinski definition) is 0. The van der Waals surface area contributed by atoms with Crippen LogP contribution in [-0.2, 0) is 16.2 Å². The second-order valence-electron chi connectivity index (χ2n) is 20.8. The van der Waals surface area contributed by atoms with Gasteiger partial charge in [0.25, 0.3) is 0 Å². The van der Waals surface area contributed by atoms with E-state index in [1.54, 1.807) is 0 Å². The lowest BCUT2D eigenvalue weighted by Crippen LogP contribution is -2.57. The molecule has 5 heteroatoms. The highest BCUT2D eigenvalue weighted by Crippen LogP contribution is 2.56. The second-order valence-corrected chi connectivity index (χ2v) is 21.9. The number of benzene rings is 8. The maximum atomic E-state index is 7.13. The van der Waals surface area contributed by atoms with Crippen molar-refractivity contribution in [3.63, 3.8) is 0 Å². The summed E-state index contributed by atoms with van der Waals surface area (Å²) in [6.45, 7) is 16.6. The van der Waals surface area contributed by atoms with Crippen LogP contribution in [0.15, 0.2) is 162 Å². The first kappa shape index (κ1) is 37.5. The number of para-hydroxylation sites is 2. The van der Waals surface area contributed by atoms with Gasteiger partial charge in [-0.1, -0.05) is 170 Å². The number of furan rings is 1. The van der Waals surface area contributed by atoms with Crippen LogP contribution >= 0.6 is 11.3 Å². The molecule has 0 unspecified atom stereocenters. The van der Waals surface area contributed by atoms with E-state index in [0.29, 0.717) is 0 Å². The average molecular weight is 855 g/mol. The van der Waals surface area contributed by atoms with Crippen LogP contribution in [0.5, 0.6) is 0 Å². The molecule has 65 heavy (non-hydrogen) atoms. The van der Waals surface area contributed by atoms with E-state index >= 15 is 0 Å². The van der Waals surface area contributed by atoms with Gasteiger partial charge in [0.1, 0.15) is 11.2 Å². The quantitative estimate of drug-likeness (QED) is 0.162. The number of nitrogens with zero attached hydrogens (tertiary/aromatic N) is 2. The Morgan fingerprint density at radius 3 is 1.98 bits per heavy atom. The number of aromatic nitrogens is 1. The first-order chi connectivity index (χ1) is 31.4. The molecule has 5 heterocycles. The minimum atomic E-state index is -0.243. The molecule has 0 bridgehead atoms. The van der Waals surface area contributed by atoms with Crippen molar-refractivity contribution in [3.05, 3.63) is 186 Å².